The molecule has 0 unspecified atom stereocenters. The van der Waals surface area contributed by atoms with Gasteiger partial charge in [0.15, 0.2) is 0 Å². The fourth-order valence-corrected chi connectivity index (χ4v) is 9.00. The highest BCUT2D eigenvalue weighted by Gasteiger charge is 2.22. The Morgan fingerprint density at radius 1 is 0.368 bits per heavy atom. The molecule has 0 aliphatic rings. The van der Waals surface area contributed by atoms with E-state index in [4.69, 9.17) is 0 Å². The smallest absolute Gasteiger partial charge is 0.101 e. The van der Waals surface area contributed by atoms with Crippen molar-refractivity contribution in [3.8, 4) is 46.4 Å². The van der Waals surface area contributed by atoms with Gasteiger partial charge in [-0.05, 0) is 84.4 Å². The Kier molecular flexibility index (Phi) is 6.95. The lowest BCUT2D eigenvalue weighted by Crippen LogP contribution is -2.02. The number of hydrogen-bond acceptors (Lipinski definition) is 3. The maximum atomic E-state index is 10.6. The standard InChI is InChI=1S/C51H28N6/c52-29-32-23-24-47-42(27-32)40-14-3-7-19-45(40)57(47)51-34(31-54)11-9-16-37(51)35-25-33(30-53)26-36(28-35)55-46-20-8-4-15-41(46)50-48(55)21-10-22-49(50)56-43-17-5-1-12-38(43)39-13-2-6-18-44(39)56/h1-28H. The van der Waals surface area contributed by atoms with E-state index in [1.54, 1.807) is 0 Å². The molecule has 8 aromatic carbocycles. The molecule has 6 heteroatoms. The number of benzene rings is 8. The molecule has 0 saturated carbocycles. The summed E-state index contributed by atoms with van der Waals surface area (Å²) >= 11 is 0. The highest BCUT2D eigenvalue weighted by Crippen LogP contribution is 2.42. The van der Waals surface area contributed by atoms with Gasteiger partial charge in [-0.2, -0.15) is 15.8 Å². The van der Waals surface area contributed by atoms with Crippen molar-refractivity contribution in [3.05, 3.63) is 187 Å². The summed E-state index contributed by atoms with van der Waals surface area (Å²) < 4.78 is 6.74. The molecule has 3 aromatic heterocycles. The predicted octanol–water partition coefficient (Wildman–Crippen LogP) is 12.3. The number of nitrogens with zero attached hydrogens (tertiary/aromatic N) is 6. The van der Waals surface area contributed by atoms with Crippen LogP contribution in [0.25, 0.3) is 93.6 Å². The second-order valence-electron chi connectivity index (χ2n) is 14.3. The first-order valence-electron chi connectivity index (χ1n) is 18.7. The van der Waals surface area contributed by atoms with E-state index < -0.39 is 0 Å². The van der Waals surface area contributed by atoms with Crippen LogP contribution >= 0.6 is 0 Å². The normalized spacial score (nSPS) is 11.5. The Labute approximate surface area is 326 Å². The first-order valence-corrected chi connectivity index (χ1v) is 18.7. The van der Waals surface area contributed by atoms with E-state index in [1.165, 1.54) is 10.8 Å². The lowest BCUT2D eigenvalue weighted by molar-refractivity contribution is 1.16. The van der Waals surface area contributed by atoms with Crippen LogP contribution in [0.3, 0.4) is 0 Å². The Balaban J connectivity index is 1.20. The topological polar surface area (TPSA) is 86.2 Å². The zero-order valence-corrected chi connectivity index (χ0v) is 30.3. The zero-order valence-electron chi connectivity index (χ0n) is 30.3. The molecule has 0 N–H and O–H groups in total. The number of rotatable bonds is 4. The molecule has 11 rings (SSSR count). The minimum atomic E-state index is 0.496. The van der Waals surface area contributed by atoms with Crippen LogP contribution in [0.4, 0.5) is 0 Å². The lowest BCUT2D eigenvalue weighted by Gasteiger charge is -2.17. The average molecular weight is 725 g/mol. The van der Waals surface area contributed by atoms with Gasteiger partial charge in [-0.1, -0.05) is 91.0 Å². The SMILES string of the molecule is N#Cc1cc(-c2cccc(C#N)c2-n2c3ccccc3c3cc(C#N)ccc32)cc(-n2c3ccccc3c3c(-n4c5ccccc5c5ccccc54)cccc32)c1. The maximum Gasteiger partial charge on any atom is 0.101 e. The Bertz CT molecular complexity index is 3580. The Morgan fingerprint density at radius 3 is 1.60 bits per heavy atom. The molecular weight excluding hydrogens is 697 g/mol. The Morgan fingerprint density at radius 2 is 0.930 bits per heavy atom. The van der Waals surface area contributed by atoms with Gasteiger partial charge in [-0.15, -0.1) is 0 Å². The van der Waals surface area contributed by atoms with Crippen molar-refractivity contribution < 1.29 is 0 Å². The number of fused-ring (bicyclic) bond motifs is 9. The quantitative estimate of drug-likeness (QED) is 0.181. The van der Waals surface area contributed by atoms with Crippen molar-refractivity contribution in [1.82, 2.24) is 13.7 Å². The van der Waals surface area contributed by atoms with Crippen molar-refractivity contribution >= 4 is 65.4 Å². The van der Waals surface area contributed by atoms with E-state index in [0.29, 0.717) is 22.4 Å². The minimum absolute atomic E-state index is 0.496. The molecule has 0 saturated heterocycles. The van der Waals surface area contributed by atoms with Crippen molar-refractivity contribution in [2.45, 2.75) is 0 Å². The van der Waals surface area contributed by atoms with Crippen LogP contribution in [0, 0.1) is 34.0 Å². The first kappa shape index (κ1) is 32.1. The minimum Gasteiger partial charge on any atom is -0.309 e. The molecular formula is C51H28N6. The van der Waals surface area contributed by atoms with E-state index in [1.807, 2.05) is 72.8 Å². The Hall–Kier alpha value is -8.37. The molecule has 0 radical (unpaired) electrons. The van der Waals surface area contributed by atoms with Gasteiger partial charge in [0.2, 0.25) is 0 Å². The van der Waals surface area contributed by atoms with Crippen molar-refractivity contribution in [1.29, 1.82) is 15.8 Å². The van der Waals surface area contributed by atoms with Gasteiger partial charge in [0.05, 0.1) is 73.3 Å². The summed E-state index contributed by atoms with van der Waals surface area (Å²) in [4.78, 5) is 0. The maximum absolute atomic E-state index is 10.6. The molecule has 0 aliphatic carbocycles. The summed E-state index contributed by atoms with van der Waals surface area (Å²) in [6, 6.07) is 64.7. The van der Waals surface area contributed by atoms with E-state index in [0.717, 1.165) is 77.1 Å². The van der Waals surface area contributed by atoms with E-state index in [9.17, 15) is 15.8 Å². The second-order valence-corrected chi connectivity index (χ2v) is 14.3. The lowest BCUT2D eigenvalue weighted by atomic mass is 9.97. The fourth-order valence-electron chi connectivity index (χ4n) is 9.00. The molecule has 11 aromatic rings. The van der Waals surface area contributed by atoms with Gasteiger partial charge in [-0.25, -0.2) is 0 Å². The molecule has 3 heterocycles. The van der Waals surface area contributed by atoms with Gasteiger partial charge < -0.3 is 13.7 Å². The number of nitriles is 3. The van der Waals surface area contributed by atoms with E-state index in [-0.39, 0.29) is 0 Å². The van der Waals surface area contributed by atoms with Crippen LogP contribution in [0.1, 0.15) is 16.7 Å². The first-order chi connectivity index (χ1) is 28.2. The largest absolute Gasteiger partial charge is 0.309 e. The molecule has 0 atom stereocenters. The van der Waals surface area contributed by atoms with Crippen LogP contribution in [-0.4, -0.2) is 13.7 Å². The van der Waals surface area contributed by atoms with Gasteiger partial charge in [0, 0.05) is 43.6 Å². The van der Waals surface area contributed by atoms with Crippen LogP contribution in [0.15, 0.2) is 170 Å². The highest BCUT2D eigenvalue weighted by atomic mass is 15.0. The van der Waals surface area contributed by atoms with Crippen molar-refractivity contribution in [3.63, 3.8) is 0 Å². The van der Waals surface area contributed by atoms with Gasteiger partial charge in [0.25, 0.3) is 0 Å². The summed E-state index contributed by atoms with van der Waals surface area (Å²) in [7, 11) is 0. The fraction of sp³-hybridized carbons (Fsp3) is 0. The summed E-state index contributed by atoms with van der Waals surface area (Å²) in [5.74, 6) is 0. The summed E-state index contributed by atoms with van der Waals surface area (Å²) in [5.41, 5.74) is 11.9. The van der Waals surface area contributed by atoms with Gasteiger partial charge in [-0.3, -0.25) is 0 Å². The van der Waals surface area contributed by atoms with Crippen LogP contribution in [0.2, 0.25) is 0 Å². The van der Waals surface area contributed by atoms with Crippen molar-refractivity contribution in [2.24, 2.45) is 0 Å². The molecule has 0 bridgehead atoms. The molecule has 0 spiro atoms. The number of para-hydroxylation sites is 5. The molecule has 57 heavy (non-hydrogen) atoms. The molecule has 0 fully saturated rings. The third kappa shape index (κ3) is 4.61. The highest BCUT2D eigenvalue weighted by molar-refractivity contribution is 6.16. The third-order valence-electron chi connectivity index (χ3n) is 11.3. The number of aromatic nitrogens is 3. The monoisotopic (exact) mass is 724 g/mol. The molecule has 6 nitrogen and oxygen atoms in total. The summed E-state index contributed by atoms with van der Waals surface area (Å²) in [5, 5.41) is 37.5. The van der Waals surface area contributed by atoms with Crippen LogP contribution < -0.4 is 0 Å². The summed E-state index contributed by atoms with van der Waals surface area (Å²) in [6.45, 7) is 0. The van der Waals surface area contributed by atoms with E-state index >= 15 is 0 Å². The molecule has 262 valence electrons. The molecule has 0 aliphatic heterocycles. The third-order valence-corrected chi connectivity index (χ3v) is 11.3. The van der Waals surface area contributed by atoms with Gasteiger partial charge in [0.1, 0.15) is 6.07 Å². The number of hydrogen-bond donors (Lipinski definition) is 0. The second kappa shape index (κ2) is 12.3. The van der Waals surface area contributed by atoms with Crippen LogP contribution in [-0.2, 0) is 0 Å². The molecule has 0 amide bonds. The van der Waals surface area contributed by atoms with Crippen LogP contribution in [0.5, 0.6) is 0 Å². The van der Waals surface area contributed by atoms with Gasteiger partial charge >= 0.3 is 0 Å². The van der Waals surface area contributed by atoms with Crippen molar-refractivity contribution in [2.75, 3.05) is 0 Å². The summed E-state index contributed by atoms with van der Waals surface area (Å²) in [6.07, 6.45) is 0. The van der Waals surface area contributed by atoms with E-state index in [2.05, 4.69) is 129 Å². The average Bonchev–Trinajstić information content (AvgIpc) is 3.91. The zero-order chi connectivity index (χ0) is 38.2. The predicted molar refractivity (Wildman–Crippen MR) is 229 cm³/mol.